The second-order valence-electron chi connectivity index (χ2n) is 8.97. The fourth-order valence-corrected chi connectivity index (χ4v) is 4.56. The molecule has 0 spiro atoms. The number of aromatic nitrogens is 2. The van der Waals surface area contributed by atoms with Gasteiger partial charge in [-0.1, -0.05) is 42.5 Å². The molecule has 10 heteroatoms. The molecule has 1 aromatic heterocycles. The molecule has 0 atom stereocenters. The zero-order valence-corrected chi connectivity index (χ0v) is 20.4. The Morgan fingerprint density at radius 1 is 0.917 bits per heavy atom. The summed E-state index contributed by atoms with van der Waals surface area (Å²) in [6, 6.07) is 14.9. The van der Waals surface area contributed by atoms with Crippen molar-refractivity contribution >= 4 is 17.3 Å². The fourth-order valence-electron chi connectivity index (χ4n) is 4.56. The predicted molar refractivity (Wildman–Crippen MR) is 137 cm³/mol. The van der Waals surface area contributed by atoms with Crippen LogP contribution < -0.4 is 16.1 Å². The van der Waals surface area contributed by atoms with Gasteiger partial charge < -0.3 is 4.90 Å². The monoisotopic (exact) mass is 491 g/mol. The topological polar surface area (TPSA) is 111 Å². The molecule has 36 heavy (non-hydrogen) atoms. The molecule has 1 aliphatic heterocycles. The Bertz CT molecular complexity index is 1390. The highest BCUT2D eigenvalue weighted by Gasteiger charge is 2.21. The SMILES string of the molecule is Cn1c(N2CCN(CCCc3ccc(C(=O)c4ccccc4)cc3[N+](=O)[O-])CC2)cc(=O)n(C)c1=O. The number of rotatable bonds is 8. The molecular weight excluding hydrogens is 462 g/mol. The summed E-state index contributed by atoms with van der Waals surface area (Å²) in [4.78, 5) is 52.5. The molecule has 188 valence electrons. The van der Waals surface area contributed by atoms with Crippen molar-refractivity contribution in [2.45, 2.75) is 12.8 Å². The average molecular weight is 492 g/mol. The first-order valence-corrected chi connectivity index (χ1v) is 11.9. The van der Waals surface area contributed by atoms with Crippen molar-refractivity contribution in [1.82, 2.24) is 14.0 Å². The Labute approximate surface area is 208 Å². The van der Waals surface area contributed by atoms with Crippen LogP contribution in [0.5, 0.6) is 0 Å². The van der Waals surface area contributed by atoms with E-state index < -0.39 is 4.92 Å². The number of ketones is 1. The minimum Gasteiger partial charge on any atom is -0.355 e. The van der Waals surface area contributed by atoms with Crippen LogP contribution >= 0.6 is 0 Å². The highest BCUT2D eigenvalue weighted by Crippen LogP contribution is 2.24. The van der Waals surface area contributed by atoms with Crippen LogP contribution in [-0.2, 0) is 20.5 Å². The van der Waals surface area contributed by atoms with E-state index >= 15 is 0 Å². The third kappa shape index (κ3) is 5.28. The largest absolute Gasteiger partial charge is 0.355 e. The third-order valence-electron chi connectivity index (χ3n) is 6.70. The normalized spacial score (nSPS) is 14.1. The molecular formula is C26H29N5O5. The number of hydrogen-bond donors (Lipinski definition) is 0. The number of carbonyl (C=O) groups excluding carboxylic acids is 1. The molecule has 1 aliphatic rings. The molecule has 1 fully saturated rings. The summed E-state index contributed by atoms with van der Waals surface area (Å²) in [5.41, 5.74) is 0.700. The van der Waals surface area contributed by atoms with Crippen LogP contribution in [0.4, 0.5) is 11.5 Å². The number of anilines is 1. The van der Waals surface area contributed by atoms with Gasteiger partial charge in [-0.05, 0) is 19.4 Å². The van der Waals surface area contributed by atoms with Gasteiger partial charge in [-0.25, -0.2) is 4.79 Å². The lowest BCUT2D eigenvalue weighted by atomic mass is 9.99. The first-order chi connectivity index (χ1) is 17.3. The van der Waals surface area contributed by atoms with E-state index in [1.54, 1.807) is 43.4 Å². The molecule has 1 saturated heterocycles. The standard InChI is InChI=1S/C26H29N5O5/c1-27-23(18-24(32)28(2)26(27)34)30-15-13-29(14-16-30)12-6-9-19-10-11-21(17-22(19)31(35)36)25(33)20-7-4-3-5-8-20/h3-5,7-8,10-11,17-18H,6,9,12-16H2,1-2H3. The molecule has 0 unspecified atom stereocenters. The van der Waals surface area contributed by atoms with Crippen LogP contribution in [0.2, 0.25) is 0 Å². The molecule has 0 saturated carbocycles. The summed E-state index contributed by atoms with van der Waals surface area (Å²) >= 11 is 0. The molecule has 0 N–H and O–H groups in total. The van der Waals surface area contributed by atoms with Crippen LogP contribution in [0.25, 0.3) is 0 Å². The van der Waals surface area contributed by atoms with E-state index in [1.807, 2.05) is 11.0 Å². The summed E-state index contributed by atoms with van der Waals surface area (Å²) in [7, 11) is 3.13. The van der Waals surface area contributed by atoms with E-state index in [0.29, 0.717) is 42.0 Å². The van der Waals surface area contributed by atoms with Gasteiger partial charge in [0.15, 0.2) is 5.78 Å². The van der Waals surface area contributed by atoms with Gasteiger partial charge in [-0.2, -0.15) is 0 Å². The zero-order valence-electron chi connectivity index (χ0n) is 20.4. The van der Waals surface area contributed by atoms with Crippen LogP contribution in [0.1, 0.15) is 27.9 Å². The lowest BCUT2D eigenvalue weighted by molar-refractivity contribution is -0.385. The maximum absolute atomic E-state index is 12.7. The first-order valence-electron chi connectivity index (χ1n) is 11.9. The van der Waals surface area contributed by atoms with E-state index in [4.69, 9.17) is 0 Å². The number of nitro benzene ring substituents is 1. The predicted octanol–water partition coefficient (Wildman–Crippen LogP) is 1.98. The van der Waals surface area contributed by atoms with E-state index in [0.717, 1.165) is 30.6 Å². The summed E-state index contributed by atoms with van der Waals surface area (Å²) in [5, 5.41) is 11.7. The van der Waals surface area contributed by atoms with Crippen LogP contribution in [0.15, 0.2) is 64.2 Å². The number of piperazine rings is 1. The van der Waals surface area contributed by atoms with Gasteiger partial charge in [0.1, 0.15) is 5.82 Å². The fraction of sp³-hybridized carbons (Fsp3) is 0.346. The summed E-state index contributed by atoms with van der Waals surface area (Å²) in [5.74, 6) is 0.375. The van der Waals surface area contributed by atoms with Gasteiger partial charge in [-0.15, -0.1) is 0 Å². The first kappa shape index (κ1) is 25.1. The van der Waals surface area contributed by atoms with Crippen LogP contribution in [0.3, 0.4) is 0 Å². The molecule has 10 nitrogen and oxygen atoms in total. The zero-order chi connectivity index (χ0) is 25.8. The number of carbonyl (C=O) groups is 1. The maximum atomic E-state index is 12.7. The van der Waals surface area contributed by atoms with Gasteiger partial charge in [0, 0.05) is 69.1 Å². The highest BCUT2D eigenvalue weighted by molar-refractivity contribution is 6.09. The van der Waals surface area contributed by atoms with Crippen molar-refractivity contribution in [1.29, 1.82) is 0 Å². The van der Waals surface area contributed by atoms with Gasteiger partial charge >= 0.3 is 5.69 Å². The number of hydrogen-bond acceptors (Lipinski definition) is 7. The molecule has 0 radical (unpaired) electrons. The molecule has 0 bridgehead atoms. The lowest BCUT2D eigenvalue weighted by Gasteiger charge is -2.36. The molecule has 2 aromatic carbocycles. The van der Waals surface area contributed by atoms with E-state index in [1.165, 1.54) is 23.7 Å². The lowest BCUT2D eigenvalue weighted by Crippen LogP contribution is -2.49. The van der Waals surface area contributed by atoms with Gasteiger partial charge in [0.25, 0.3) is 11.2 Å². The van der Waals surface area contributed by atoms with Gasteiger partial charge in [-0.3, -0.25) is 33.7 Å². The molecule has 0 amide bonds. The number of nitrogens with zero attached hydrogens (tertiary/aromatic N) is 5. The van der Waals surface area contributed by atoms with Crippen molar-refractivity contribution in [3.05, 3.63) is 102 Å². The maximum Gasteiger partial charge on any atom is 0.332 e. The van der Waals surface area contributed by atoms with Crippen molar-refractivity contribution in [2.75, 3.05) is 37.6 Å². The molecule has 3 aromatic rings. The summed E-state index contributed by atoms with van der Waals surface area (Å²) in [6.45, 7) is 3.64. The Morgan fingerprint density at radius 3 is 2.28 bits per heavy atom. The number of aryl methyl sites for hydroxylation is 1. The Kier molecular flexibility index (Phi) is 7.44. The molecule has 0 aliphatic carbocycles. The van der Waals surface area contributed by atoms with Crippen molar-refractivity contribution in [2.24, 2.45) is 14.1 Å². The van der Waals surface area contributed by atoms with E-state index in [2.05, 4.69) is 4.90 Å². The van der Waals surface area contributed by atoms with E-state index in [9.17, 15) is 24.5 Å². The minimum atomic E-state index is -0.426. The number of benzene rings is 2. The van der Waals surface area contributed by atoms with E-state index in [-0.39, 0.29) is 22.7 Å². The van der Waals surface area contributed by atoms with Crippen molar-refractivity contribution < 1.29 is 9.72 Å². The Morgan fingerprint density at radius 2 is 1.61 bits per heavy atom. The quantitative estimate of drug-likeness (QED) is 0.269. The smallest absolute Gasteiger partial charge is 0.332 e. The number of nitro groups is 1. The second-order valence-corrected chi connectivity index (χ2v) is 8.97. The molecule has 4 rings (SSSR count). The van der Waals surface area contributed by atoms with Gasteiger partial charge in [0.2, 0.25) is 0 Å². The van der Waals surface area contributed by atoms with Gasteiger partial charge in [0.05, 0.1) is 4.92 Å². The molecule has 2 heterocycles. The van der Waals surface area contributed by atoms with Crippen LogP contribution in [0, 0.1) is 10.1 Å². The third-order valence-corrected chi connectivity index (χ3v) is 6.70. The Balaban J connectivity index is 1.35. The van der Waals surface area contributed by atoms with Crippen LogP contribution in [-0.4, -0.2) is 57.5 Å². The highest BCUT2D eigenvalue weighted by atomic mass is 16.6. The minimum absolute atomic E-state index is 0.0341. The second kappa shape index (κ2) is 10.7. The average Bonchev–Trinajstić information content (AvgIpc) is 2.90. The summed E-state index contributed by atoms with van der Waals surface area (Å²) in [6.07, 6.45) is 1.26. The van der Waals surface area contributed by atoms with Crippen molar-refractivity contribution in [3.8, 4) is 0 Å². The summed E-state index contributed by atoms with van der Waals surface area (Å²) < 4.78 is 2.57. The Hall–Kier alpha value is -4.05. The van der Waals surface area contributed by atoms with Crippen molar-refractivity contribution in [3.63, 3.8) is 0 Å².